The average Bonchev–Trinajstić information content (AvgIpc) is 3.28. The number of H-pyrrole nitrogens is 1. The zero-order valence-electron chi connectivity index (χ0n) is 16.1. The molecule has 2 N–H and O–H groups in total. The van der Waals surface area contributed by atoms with E-state index in [-0.39, 0.29) is 16.7 Å². The molecular weight excluding hydrogens is 388 g/mol. The number of fused-ring (bicyclic) bond motifs is 3. The zero-order valence-corrected chi connectivity index (χ0v) is 16.9. The van der Waals surface area contributed by atoms with Gasteiger partial charge >= 0.3 is 0 Å². The van der Waals surface area contributed by atoms with Gasteiger partial charge in [-0.2, -0.15) is 0 Å². The highest BCUT2D eigenvalue weighted by molar-refractivity contribution is 7.90. The molecule has 29 heavy (non-hydrogen) atoms. The predicted molar refractivity (Wildman–Crippen MR) is 107 cm³/mol. The van der Waals surface area contributed by atoms with Crippen LogP contribution >= 0.6 is 0 Å². The van der Waals surface area contributed by atoms with E-state index in [0.717, 1.165) is 67.6 Å². The van der Waals surface area contributed by atoms with Crippen LogP contribution in [0.25, 0.3) is 16.8 Å². The van der Waals surface area contributed by atoms with Gasteiger partial charge in [0, 0.05) is 17.7 Å². The molecule has 5 aliphatic carbocycles. The highest BCUT2D eigenvalue weighted by Gasteiger charge is 2.58. The van der Waals surface area contributed by atoms with E-state index in [1.54, 1.807) is 6.20 Å². The van der Waals surface area contributed by atoms with E-state index in [1.165, 1.54) is 0 Å². The van der Waals surface area contributed by atoms with Gasteiger partial charge in [0.25, 0.3) is 0 Å². The van der Waals surface area contributed by atoms with Gasteiger partial charge in [-0.3, -0.25) is 4.40 Å². The molecular formula is C20H24N6O2S. The normalized spacial score (nSPS) is 36.4. The standard InChI is InChI=1S/C20H24N6O2S/c27-29(28,14-1-2-14)25-17-12-5-11-6-13(17)9-20(7-11,8-12)19-24-23-16-10-22-18-15(26(16)19)3-4-21-18/h3-4,10-14,17,21,25H,1-2,5-9H2/t11?,12-,13?,17?,20?/m0/s1. The zero-order chi connectivity index (χ0) is 19.4. The Bertz CT molecular complexity index is 1230. The minimum absolute atomic E-state index is 0.0109. The maximum atomic E-state index is 12.6. The van der Waals surface area contributed by atoms with Crippen LogP contribution < -0.4 is 4.72 Å². The summed E-state index contributed by atoms with van der Waals surface area (Å²) >= 11 is 0. The van der Waals surface area contributed by atoms with E-state index in [2.05, 4.69) is 29.3 Å². The summed E-state index contributed by atoms with van der Waals surface area (Å²) in [5.74, 6) is 2.49. The first-order chi connectivity index (χ1) is 14.0. The summed E-state index contributed by atoms with van der Waals surface area (Å²) in [5.41, 5.74) is 2.64. The number of aromatic amines is 1. The van der Waals surface area contributed by atoms with Crippen molar-refractivity contribution < 1.29 is 8.42 Å². The molecule has 3 heterocycles. The van der Waals surface area contributed by atoms with Crippen LogP contribution in [-0.2, 0) is 15.4 Å². The molecule has 9 heteroatoms. The van der Waals surface area contributed by atoms with Crippen molar-refractivity contribution in [3.63, 3.8) is 0 Å². The van der Waals surface area contributed by atoms with Crippen molar-refractivity contribution in [2.75, 3.05) is 0 Å². The lowest BCUT2D eigenvalue weighted by molar-refractivity contribution is -0.0318. The third-order valence-corrected chi connectivity index (χ3v) is 9.90. The van der Waals surface area contributed by atoms with E-state index >= 15 is 0 Å². The summed E-state index contributed by atoms with van der Waals surface area (Å²) in [6, 6.07) is 2.13. The Morgan fingerprint density at radius 1 is 1.14 bits per heavy atom. The molecule has 3 aromatic heterocycles. The number of rotatable bonds is 4. The fraction of sp³-hybridized carbons (Fsp3) is 0.650. The molecule has 5 atom stereocenters. The Morgan fingerprint density at radius 2 is 1.93 bits per heavy atom. The first kappa shape index (κ1) is 16.8. The lowest BCUT2D eigenvalue weighted by atomic mass is 9.48. The number of hydrogen-bond donors (Lipinski definition) is 2. The van der Waals surface area contributed by atoms with Crippen molar-refractivity contribution in [1.82, 2.24) is 29.3 Å². The third-order valence-electron chi connectivity index (χ3n) is 7.95. The molecule has 8 rings (SSSR count). The quantitative estimate of drug-likeness (QED) is 0.683. The fourth-order valence-corrected chi connectivity index (χ4v) is 8.59. The summed E-state index contributed by atoms with van der Waals surface area (Å²) in [6.45, 7) is 0. The van der Waals surface area contributed by atoms with Crippen molar-refractivity contribution >= 4 is 26.8 Å². The Kier molecular flexibility index (Phi) is 3.10. The van der Waals surface area contributed by atoms with Crippen LogP contribution in [-0.4, -0.2) is 44.3 Å². The molecule has 8 nitrogen and oxygen atoms in total. The third kappa shape index (κ3) is 2.28. The number of hydrogen-bond acceptors (Lipinski definition) is 5. The second-order valence-corrected chi connectivity index (χ2v) is 11.8. The van der Waals surface area contributed by atoms with Crippen molar-refractivity contribution in [1.29, 1.82) is 0 Å². The van der Waals surface area contributed by atoms with Crippen molar-refractivity contribution in [3.05, 3.63) is 24.3 Å². The average molecular weight is 413 g/mol. The molecule has 5 fully saturated rings. The number of nitrogens with zero attached hydrogens (tertiary/aromatic N) is 4. The smallest absolute Gasteiger partial charge is 0.214 e. The highest BCUT2D eigenvalue weighted by Crippen LogP contribution is 2.60. The molecule has 0 aliphatic heterocycles. The maximum absolute atomic E-state index is 12.6. The fourth-order valence-electron chi connectivity index (χ4n) is 6.87. The van der Waals surface area contributed by atoms with Gasteiger partial charge in [0.05, 0.1) is 17.0 Å². The van der Waals surface area contributed by atoms with Crippen LogP contribution in [0.3, 0.4) is 0 Å². The molecule has 5 aliphatic rings. The predicted octanol–water partition coefficient (Wildman–Crippen LogP) is 2.13. The molecule has 4 unspecified atom stereocenters. The van der Waals surface area contributed by atoms with Gasteiger partial charge in [0.15, 0.2) is 11.3 Å². The summed E-state index contributed by atoms with van der Waals surface area (Å²) < 4.78 is 30.6. The van der Waals surface area contributed by atoms with Crippen LogP contribution in [0.4, 0.5) is 0 Å². The van der Waals surface area contributed by atoms with Crippen molar-refractivity contribution in [2.24, 2.45) is 17.8 Å². The van der Waals surface area contributed by atoms with Gasteiger partial charge in [-0.25, -0.2) is 18.1 Å². The molecule has 3 aromatic rings. The molecule has 0 saturated heterocycles. The first-order valence-corrected chi connectivity index (χ1v) is 12.3. The van der Waals surface area contributed by atoms with E-state index in [4.69, 9.17) is 0 Å². The number of nitrogens with one attached hydrogen (secondary N) is 2. The molecule has 0 spiro atoms. The molecule has 4 bridgehead atoms. The van der Waals surface area contributed by atoms with E-state index in [0.29, 0.717) is 17.8 Å². The lowest BCUT2D eigenvalue weighted by Crippen LogP contribution is -2.61. The summed E-state index contributed by atoms with van der Waals surface area (Å²) in [4.78, 5) is 7.64. The SMILES string of the molecule is O=S(=O)(NC1C2CC3C[C@H]1CC(c1nnc4cnc5[nH]ccc5n14)(C3)C2)C1CC1. The minimum atomic E-state index is -3.16. The largest absolute Gasteiger partial charge is 0.345 e. The van der Waals surface area contributed by atoms with Gasteiger partial charge in [-0.1, -0.05) is 0 Å². The van der Waals surface area contributed by atoms with Crippen LogP contribution in [0, 0.1) is 17.8 Å². The summed E-state index contributed by atoms with van der Waals surface area (Å²) in [7, 11) is -3.16. The number of aromatic nitrogens is 5. The molecule has 0 radical (unpaired) electrons. The molecule has 152 valence electrons. The van der Waals surface area contributed by atoms with Gasteiger partial charge in [-0.15, -0.1) is 10.2 Å². The summed E-state index contributed by atoms with van der Waals surface area (Å²) in [5, 5.41) is 8.96. The Balaban J connectivity index is 1.31. The van der Waals surface area contributed by atoms with Crippen LogP contribution in [0.2, 0.25) is 0 Å². The maximum Gasteiger partial charge on any atom is 0.214 e. The molecule has 5 saturated carbocycles. The Hall–Kier alpha value is -2.00. The van der Waals surface area contributed by atoms with Crippen LogP contribution in [0.15, 0.2) is 18.5 Å². The van der Waals surface area contributed by atoms with Crippen molar-refractivity contribution in [2.45, 2.75) is 61.7 Å². The van der Waals surface area contributed by atoms with Crippen LogP contribution in [0.1, 0.15) is 50.8 Å². The van der Waals surface area contributed by atoms with Gasteiger partial charge in [-0.05, 0) is 68.8 Å². The first-order valence-electron chi connectivity index (χ1n) is 10.7. The lowest BCUT2D eigenvalue weighted by Gasteiger charge is -2.59. The number of sulfonamides is 1. The van der Waals surface area contributed by atoms with Gasteiger partial charge in [0.1, 0.15) is 5.82 Å². The Morgan fingerprint density at radius 3 is 2.69 bits per heavy atom. The monoisotopic (exact) mass is 412 g/mol. The van der Waals surface area contributed by atoms with E-state index in [9.17, 15) is 8.42 Å². The van der Waals surface area contributed by atoms with Crippen molar-refractivity contribution in [3.8, 4) is 0 Å². The van der Waals surface area contributed by atoms with E-state index < -0.39 is 10.0 Å². The Labute approximate surface area is 168 Å². The molecule has 0 amide bonds. The van der Waals surface area contributed by atoms with Crippen LogP contribution in [0.5, 0.6) is 0 Å². The summed E-state index contributed by atoms with van der Waals surface area (Å²) in [6.07, 6.45) is 10.7. The second kappa shape index (κ2) is 5.37. The highest BCUT2D eigenvalue weighted by atomic mass is 32.2. The second-order valence-electron chi connectivity index (χ2n) is 9.83. The van der Waals surface area contributed by atoms with E-state index in [1.807, 2.05) is 12.3 Å². The van der Waals surface area contributed by atoms with Gasteiger partial charge in [0.2, 0.25) is 10.0 Å². The molecule has 0 aromatic carbocycles. The van der Waals surface area contributed by atoms with Gasteiger partial charge < -0.3 is 4.98 Å². The minimum Gasteiger partial charge on any atom is -0.345 e. The topological polar surface area (TPSA) is 105 Å².